The van der Waals surface area contributed by atoms with Crippen LogP contribution in [0.25, 0.3) is 11.4 Å². The minimum absolute atomic E-state index is 0.132. The van der Waals surface area contributed by atoms with Crippen molar-refractivity contribution in [1.29, 1.82) is 0 Å². The molecule has 1 amide bonds. The Morgan fingerprint density at radius 1 is 1.28 bits per heavy atom. The van der Waals surface area contributed by atoms with Gasteiger partial charge < -0.3 is 5.32 Å². The van der Waals surface area contributed by atoms with Crippen LogP contribution in [0.3, 0.4) is 0 Å². The van der Waals surface area contributed by atoms with E-state index in [0.717, 1.165) is 29.9 Å². The number of amides is 1. The molecule has 1 aliphatic carbocycles. The Kier molecular flexibility index (Phi) is 5.16. The van der Waals surface area contributed by atoms with E-state index in [1.807, 2.05) is 32.4 Å². The van der Waals surface area contributed by atoms with Crippen molar-refractivity contribution in [2.75, 3.05) is 5.32 Å². The van der Waals surface area contributed by atoms with E-state index in [1.54, 1.807) is 22.9 Å². The molecule has 1 N–H and O–H groups in total. The molecular formula is C20H23FN6OS. The number of thioether (sulfide) groups is 1. The number of nitrogens with zero attached hydrogens (tertiary/aromatic N) is 5. The average molecular weight is 415 g/mol. The number of halogens is 1. The maximum absolute atomic E-state index is 14.3. The highest BCUT2D eigenvalue weighted by atomic mass is 32.2. The van der Waals surface area contributed by atoms with Crippen molar-refractivity contribution in [2.24, 2.45) is 7.05 Å². The van der Waals surface area contributed by atoms with Crippen molar-refractivity contribution in [2.45, 2.75) is 50.1 Å². The van der Waals surface area contributed by atoms with Crippen molar-refractivity contribution in [3.05, 3.63) is 41.5 Å². The number of aromatic nitrogens is 5. The number of aryl methyl sites for hydroxylation is 2. The second-order valence-electron chi connectivity index (χ2n) is 7.31. The van der Waals surface area contributed by atoms with Crippen LogP contribution >= 0.6 is 11.8 Å². The fraction of sp³-hybridized carbons (Fsp3) is 0.400. The molecular weight excluding hydrogens is 391 g/mol. The Morgan fingerprint density at radius 3 is 2.62 bits per heavy atom. The molecule has 0 bridgehead atoms. The van der Waals surface area contributed by atoms with Crippen molar-refractivity contribution < 1.29 is 9.18 Å². The first-order chi connectivity index (χ1) is 13.9. The van der Waals surface area contributed by atoms with E-state index in [4.69, 9.17) is 0 Å². The van der Waals surface area contributed by atoms with Gasteiger partial charge >= 0.3 is 0 Å². The molecule has 1 aliphatic rings. The molecule has 2 aromatic heterocycles. The van der Waals surface area contributed by atoms with Gasteiger partial charge in [0.1, 0.15) is 5.82 Å². The lowest BCUT2D eigenvalue weighted by Gasteiger charge is -2.14. The zero-order valence-electron chi connectivity index (χ0n) is 16.8. The first-order valence-electron chi connectivity index (χ1n) is 9.54. The van der Waals surface area contributed by atoms with E-state index in [9.17, 15) is 9.18 Å². The van der Waals surface area contributed by atoms with Gasteiger partial charge in [-0.15, -0.1) is 10.2 Å². The van der Waals surface area contributed by atoms with Gasteiger partial charge in [0.15, 0.2) is 11.0 Å². The summed E-state index contributed by atoms with van der Waals surface area (Å²) in [6, 6.07) is 6.81. The summed E-state index contributed by atoms with van der Waals surface area (Å²) in [4.78, 5) is 12.8. The maximum atomic E-state index is 14.3. The molecule has 1 atom stereocenters. The average Bonchev–Trinajstić information content (AvgIpc) is 3.40. The van der Waals surface area contributed by atoms with E-state index in [1.165, 1.54) is 17.8 Å². The molecule has 1 saturated carbocycles. The molecule has 3 aromatic rings. The second kappa shape index (κ2) is 7.62. The Bertz CT molecular complexity index is 1070. The summed E-state index contributed by atoms with van der Waals surface area (Å²) in [5, 5.41) is 16.1. The van der Waals surface area contributed by atoms with Crippen LogP contribution in [0.2, 0.25) is 0 Å². The zero-order chi connectivity index (χ0) is 20.7. The highest BCUT2D eigenvalue weighted by molar-refractivity contribution is 8.00. The van der Waals surface area contributed by atoms with Crippen LogP contribution < -0.4 is 5.32 Å². The van der Waals surface area contributed by atoms with Gasteiger partial charge in [-0.25, -0.2) is 4.39 Å². The van der Waals surface area contributed by atoms with Crippen LogP contribution in [0.1, 0.15) is 37.2 Å². The van der Waals surface area contributed by atoms with Crippen LogP contribution in [-0.2, 0) is 11.8 Å². The topological polar surface area (TPSA) is 77.6 Å². The zero-order valence-corrected chi connectivity index (χ0v) is 17.6. The fourth-order valence-electron chi connectivity index (χ4n) is 3.24. The molecule has 7 nitrogen and oxygen atoms in total. The number of hydrogen-bond donors (Lipinski definition) is 1. The van der Waals surface area contributed by atoms with Crippen LogP contribution in [-0.4, -0.2) is 35.7 Å². The second-order valence-corrected chi connectivity index (χ2v) is 8.61. The molecule has 0 spiro atoms. The van der Waals surface area contributed by atoms with Crippen LogP contribution in [0.5, 0.6) is 0 Å². The third kappa shape index (κ3) is 3.78. The minimum atomic E-state index is -0.399. The predicted octanol–water partition coefficient (Wildman–Crippen LogP) is 3.89. The van der Waals surface area contributed by atoms with Gasteiger partial charge in [0, 0.05) is 13.1 Å². The first-order valence-corrected chi connectivity index (χ1v) is 10.4. The summed E-state index contributed by atoms with van der Waals surface area (Å²) in [6.07, 6.45) is 2.00. The molecule has 0 radical (unpaired) electrons. The summed E-state index contributed by atoms with van der Waals surface area (Å²) in [6.45, 7) is 5.61. The molecule has 152 valence electrons. The smallest absolute Gasteiger partial charge is 0.237 e. The lowest BCUT2D eigenvalue weighted by atomic mass is 10.2. The summed E-state index contributed by atoms with van der Waals surface area (Å²) in [5.41, 5.74) is 2.84. The summed E-state index contributed by atoms with van der Waals surface area (Å²) in [5.74, 6) is 0.0540. The molecule has 4 rings (SSSR count). The number of carbonyl (C=O) groups excluding carboxylic acids is 1. The predicted molar refractivity (Wildman–Crippen MR) is 110 cm³/mol. The number of rotatable bonds is 6. The minimum Gasteiger partial charge on any atom is -0.322 e. The molecule has 0 aliphatic heterocycles. The lowest BCUT2D eigenvalue weighted by Crippen LogP contribution is -2.23. The van der Waals surface area contributed by atoms with E-state index in [-0.39, 0.29) is 17.8 Å². The Hall–Kier alpha value is -2.68. The number of carbonyl (C=O) groups is 1. The molecule has 2 heterocycles. The van der Waals surface area contributed by atoms with Gasteiger partial charge in [0.05, 0.1) is 27.9 Å². The molecule has 9 heteroatoms. The quantitative estimate of drug-likeness (QED) is 0.619. The first kappa shape index (κ1) is 19.6. The molecule has 1 unspecified atom stereocenters. The van der Waals surface area contributed by atoms with Gasteiger partial charge in [-0.2, -0.15) is 5.10 Å². The van der Waals surface area contributed by atoms with Crippen molar-refractivity contribution in [1.82, 2.24) is 24.5 Å². The molecule has 0 saturated heterocycles. The Morgan fingerprint density at radius 2 is 2.00 bits per heavy atom. The van der Waals surface area contributed by atoms with E-state index in [0.29, 0.717) is 16.5 Å². The standard InChI is InChI=1S/C20H23FN6OS/c1-11-17(12(2)26(4)25-11)22-19(28)13(3)29-20-24-23-18(27(20)14-9-10-14)15-7-5-6-8-16(15)21/h5-8,13-14H,9-10H2,1-4H3,(H,22,28). The largest absolute Gasteiger partial charge is 0.322 e. The highest BCUT2D eigenvalue weighted by Gasteiger charge is 2.32. The number of anilines is 1. The van der Waals surface area contributed by atoms with Gasteiger partial charge in [-0.05, 0) is 45.7 Å². The number of nitrogens with one attached hydrogen (secondary N) is 1. The van der Waals surface area contributed by atoms with Gasteiger partial charge in [0.2, 0.25) is 5.91 Å². The van der Waals surface area contributed by atoms with Crippen molar-refractivity contribution in [3.63, 3.8) is 0 Å². The lowest BCUT2D eigenvalue weighted by molar-refractivity contribution is -0.115. The summed E-state index contributed by atoms with van der Waals surface area (Å²) in [7, 11) is 1.85. The normalized spacial score (nSPS) is 14.8. The van der Waals surface area contributed by atoms with Gasteiger partial charge in [-0.1, -0.05) is 23.9 Å². The monoisotopic (exact) mass is 414 g/mol. The number of hydrogen-bond acceptors (Lipinski definition) is 5. The van der Waals surface area contributed by atoms with Crippen molar-refractivity contribution in [3.8, 4) is 11.4 Å². The fourth-order valence-corrected chi connectivity index (χ4v) is 4.16. The van der Waals surface area contributed by atoms with Crippen molar-refractivity contribution >= 4 is 23.4 Å². The maximum Gasteiger partial charge on any atom is 0.237 e. The third-order valence-electron chi connectivity index (χ3n) is 5.10. The Labute approximate surface area is 172 Å². The Balaban J connectivity index is 1.56. The van der Waals surface area contributed by atoms with E-state index < -0.39 is 5.25 Å². The van der Waals surface area contributed by atoms with Crippen LogP contribution in [0.4, 0.5) is 10.1 Å². The summed E-state index contributed by atoms with van der Waals surface area (Å²) >= 11 is 1.33. The van der Waals surface area contributed by atoms with Crippen LogP contribution in [0.15, 0.2) is 29.4 Å². The summed E-state index contributed by atoms with van der Waals surface area (Å²) < 4.78 is 18.0. The SMILES string of the molecule is Cc1nn(C)c(C)c1NC(=O)C(C)Sc1nnc(-c2ccccc2F)n1C1CC1. The van der Waals surface area contributed by atoms with E-state index >= 15 is 0 Å². The molecule has 1 aromatic carbocycles. The van der Waals surface area contributed by atoms with Gasteiger partial charge in [-0.3, -0.25) is 14.0 Å². The van der Waals surface area contributed by atoms with Gasteiger partial charge in [0.25, 0.3) is 0 Å². The molecule has 1 fully saturated rings. The molecule has 29 heavy (non-hydrogen) atoms. The third-order valence-corrected chi connectivity index (χ3v) is 6.16. The number of benzene rings is 1. The highest BCUT2D eigenvalue weighted by Crippen LogP contribution is 2.42. The van der Waals surface area contributed by atoms with Crippen LogP contribution in [0, 0.1) is 19.7 Å². The van der Waals surface area contributed by atoms with E-state index in [2.05, 4.69) is 20.6 Å².